The number of aromatic nitrogens is 1. The molecule has 0 fully saturated rings. The van der Waals surface area contributed by atoms with Gasteiger partial charge < -0.3 is 10.1 Å². The molecular formula is C38H47FIrNO2-. The van der Waals surface area contributed by atoms with Crippen molar-refractivity contribution in [2.75, 3.05) is 0 Å². The van der Waals surface area contributed by atoms with E-state index in [1.807, 2.05) is 59.9 Å². The zero-order chi connectivity index (χ0) is 31.4. The zero-order valence-electron chi connectivity index (χ0n) is 27.4. The SMILES string of the molecule is CC(C)(C)C(=O)/C=C(\O)C(C)(C)C.CC(C)Cc1[c-]c(-c2nccc3c2ccc2ccc(F)cc23)cc(CC(C)C)c1.[Ir]. The van der Waals surface area contributed by atoms with E-state index < -0.39 is 5.41 Å². The molecule has 0 spiro atoms. The molecular weight excluding hydrogens is 714 g/mol. The number of carbonyl (C=O) groups excluding carboxylic acids is 1. The molecule has 43 heavy (non-hydrogen) atoms. The van der Waals surface area contributed by atoms with Crippen LogP contribution in [-0.2, 0) is 37.7 Å². The van der Waals surface area contributed by atoms with Crippen LogP contribution in [0.3, 0.4) is 0 Å². The normalized spacial score (nSPS) is 12.3. The summed E-state index contributed by atoms with van der Waals surface area (Å²) in [5.41, 5.74) is 3.75. The Morgan fingerprint density at radius 2 is 1.49 bits per heavy atom. The van der Waals surface area contributed by atoms with Gasteiger partial charge in [0.1, 0.15) is 11.6 Å². The fourth-order valence-corrected chi connectivity index (χ4v) is 4.69. The first-order chi connectivity index (χ1) is 19.5. The van der Waals surface area contributed by atoms with E-state index in [1.54, 1.807) is 6.07 Å². The standard InChI is InChI=1S/C27H27FN.C11H20O2.Ir/c1-17(2)11-19-13-20(12-18(3)4)15-22(14-19)27-25-8-6-21-5-7-23(28)16-26(21)24(25)9-10-29-27;1-10(2,3)8(12)7-9(13)11(4,5)6;/h5-10,13-14,16-18H,11-12H2,1-4H3;7,12H,1-6H3;/q-1;;/b;8-7-;. The molecule has 4 aromatic rings. The minimum atomic E-state index is -0.417. The van der Waals surface area contributed by atoms with Gasteiger partial charge in [0.05, 0.1) is 0 Å². The molecule has 3 nitrogen and oxygen atoms in total. The minimum absolute atomic E-state index is 0. The fourth-order valence-electron chi connectivity index (χ4n) is 4.69. The van der Waals surface area contributed by atoms with Crippen molar-refractivity contribution in [1.82, 2.24) is 4.98 Å². The number of aliphatic hydroxyl groups excluding tert-OH is 1. The Bertz CT molecular complexity index is 1560. The molecule has 1 heterocycles. The Hall–Kier alpha value is -2.88. The van der Waals surface area contributed by atoms with Gasteiger partial charge in [-0.25, -0.2) is 4.39 Å². The molecule has 0 aliphatic carbocycles. The molecule has 233 valence electrons. The van der Waals surface area contributed by atoms with Crippen LogP contribution in [0.15, 0.2) is 66.6 Å². The van der Waals surface area contributed by atoms with Crippen LogP contribution in [0.4, 0.5) is 4.39 Å². The van der Waals surface area contributed by atoms with Crippen LogP contribution >= 0.6 is 0 Å². The molecule has 1 aromatic heterocycles. The maximum absolute atomic E-state index is 13.9. The number of allylic oxidation sites excluding steroid dienone is 2. The monoisotopic (exact) mass is 761 g/mol. The van der Waals surface area contributed by atoms with Gasteiger partial charge in [-0.1, -0.05) is 87.4 Å². The van der Waals surface area contributed by atoms with E-state index in [-0.39, 0.29) is 42.9 Å². The molecule has 0 atom stereocenters. The molecule has 0 amide bonds. The summed E-state index contributed by atoms with van der Waals surface area (Å²) in [7, 11) is 0. The Balaban J connectivity index is 0.000000394. The number of ketones is 1. The molecule has 1 N–H and O–H groups in total. The molecule has 0 aliphatic heterocycles. The van der Waals surface area contributed by atoms with Crippen molar-refractivity contribution in [2.45, 2.75) is 82.1 Å². The van der Waals surface area contributed by atoms with Gasteiger partial charge in [0, 0.05) is 43.2 Å². The van der Waals surface area contributed by atoms with Crippen molar-refractivity contribution < 1.29 is 34.4 Å². The average Bonchev–Trinajstić information content (AvgIpc) is 2.86. The summed E-state index contributed by atoms with van der Waals surface area (Å²) in [5, 5.41) is 13.6. The van der Waals surface area contributed by atoms with E-state index in [2.05, 4.69) is 58.0 Å². The number of fused-ring (bicyclic) bond motifs is 3. The number of hydrogen-bond donors (Lipinski definition) is 1. The van der Waals surface area contributed by atoms with Gasteiger partial charge in [-0.05, 0) is 70.1 Å². The Morgan fingerprint density at radius 1 is 0.860 bits per heavy atom. The number of halogens is 1. The summed E-state index contributed by atoms with van der Waals surface area (Å²) in [4.78, 5) is 16.2. The van der Waals surface area contributed by atoms with Crippen LogP contribution in [0.25, 0.3) is 32.8 Å². The van der Waals surface area contributed by atoms with Gasteiger partial charge >= 0.3 is 0 Å². The molecule has 1 radical (unpaired) electrons. The molecule has 0 saturated carbocycles. The van der Waals surface area contributed by atoms with Gasteiger partial charge in [-0.15, -0.1) is 34.9 Å². The van der Waals surface area contributed by atoms with Crippen LogP contribution in [-0.4, -0.2) is 15.9 Å². The smallest absolute Gasteiger partial charge is 0.164 e. The van der Waals surface area contributed by atoms with Crippen molar-refractivity contribution in [1.29, 1.82) is 0 Å². The summed E-state index contributed by atoms with van der Waals surface area (Å²) in [6.07, 6.45) is 5.19. The summed E-state index contributed by atoms with van der Waals surface area (Å²) in [6, 6.07) is 19.2. The second kappa shape index (κ2) is 14.7. The predicted molar refractivity (Wildman–Crippen MR) is 175 cm³/mol. The van der Waals surface area contributed by atoms with Gasteiger partial charge in [-0.2, -0.15) is 0 Å². The summed E-state index contributed by atoms with van der Waals surface area (Å²) < 4.78 is 13.9. The first-order valence-electron chi connectivity index (χ1n) is 14.9. The van der Waals surface area contributed by atoms with E-state index in [1.165, 1.54) is 23.3 Å². The van der Waals surface area contributed by atoms with Gasteiger partial charge in [-0.3, -0.25) is 4.79 Å². The number of hydrogen-bond acceptors (Lipinski definition) is 3. The van der Waals surface area contributed by atoms with E-state index in [9.17, 15) is 14.3 Å². The topological polar surface area (TPSA) is 50.2 Å². The second-order valence-electron chi connectivity index (χ2n) is 14.2. The number of pyridine rings is 1. The molecule has 3 aromatic carbocycles. The Kier molecular flexibility index (Phi) is 12.4. The van der Waals surface area contributed by atoms with Crippen LogP contribution in [0.5, 0.6) is 0 Å². The van der Waals surface area contributed by atoms with E-state index >= 15 is 0 Å². The van der Waals surface area contributed by atoms with E-state index in [0.29, 0.717) is 11.8 Å². The Morgan fingerprint density at radius 3 is 2.07 bits per heavy atom. The maximum atomic E-state index is 13.9. The number of benzene rings is 3. The largest absolute Gasteiger partial charge is 0.512 e. The molecule has 5 heteroatoms. The average molecular weight is 761 g/mol. The first-order valence-corrected chi connectivity index (χ1v) is 14.9. The first kappa shape index (κ1) is 36.3. The number of nitrogens with zero attached hydrogens (tertiary/aromatic N) is 1. The third-order valence-corrected chi connectivity index (χ3v) is 7.01. The fraction of sp³-hybridized carbons (Fsp3) is 0.421. The van der Waals surface area contributed by atoms with Crippen LogP contribution in [0, 0.1) is 34.5 Å². The Labute approximate surface area is 271 Å². The van der Waals surface area contributed by atoms with E-state index in [4.69, 9.17) is 4.98 Å². The van der Waals surface area contributed by atoms with Crippen molar-refractivity contribution in [3.63, 3.8) is 0 Å². The third kappa shape index (κ3) is 10.1. The van der Waals surface area contributed by atoms with Gasteiger partial charge in [0.15, 0.2) is 5.78 Å². The van der Waals surface area contributed by atoms with Crippen LogP contribution in [0.1, 0.15) is 80.4 Å². The number of aliphatic hydroxyl groups is 1. The van der Waals surface area contributed by atoms with Crippen molar-refractivity contribution in [2.24, 2.45) is 22.7 Å². The third-order valence-electron chi connectivity index (χ3n) is 7.01. The molecule has 0 bridgehead atoms. The summed E-state index contributed by atoms with van der Waals surface area (Å²) in [5.74, 6) is 1.05. The molecule has 4 rings (SSSR count). The van der Waals surface area contributed by atoms with Crippen LogP contribution < -0.4 is 0 Å². The molecule has 0 unspecified atom stereocenters. The predicted octanol–water partition coefficient (Wildman–Crippen LogP) is 10.5. The van der Waals surface area contributed by atoms with Crippen molar-refractivity contribution in [3.8, 4) is 11.3 Å². The minimum Gasteiger partial charge on any atom is -0.512 e. The molecule has 0 aliphatic rings. The maximum Gasteiger partial charge on any atom is 0.164 e. The quantitative estimate of drug-likeness (QED) is 0.0922. The van der Waals surface area contributed by atoms with Crippen LogP contribution in [0.2, 0.25) is 0 Å². The summed E-state index contributed by atoms with van der Waals surface area (Å²) in [6.45, 7) is 20.1. The molecule has 0 saturated heterocycles. The van der Waals surface area contributed by atoms with E-state index in [0.717, 1.165) is 45.6 Å². The number of rotatable bonds is 6. The number of carbonyl (C=O) groups is 1. The van der Waals surface area contributed by atoms with Crippen molar-refractivity contribution in [3.05, 3.63) is 89.6 Å². The van der Waals surface area contributed by atoms with Gasteiger partial charge in [0.2, 0.25) is 0 Å². The van der Waals surface area contributed by atoms with Gasteiger partial charge in [0.25, 0.3) is 0 Å². The van der Waals surface area contributed by atoms with Crippen molar-refractivity contribution >= 4 is 27.3 Å². The summed E-state index contributed by atoms with van der Waals surface area (Å²) >= 11 is 0. The second-order valence-corrected chi connectivity index (χ2v) is 14.2. The zero-order valence-corrected chi connectivity index (χ0v) is 29.8.